The van der Waals surface area contributed by atoms with Gasteiger partial charge in [-0.05, 0) is 49.1 Å². The molecule has 2 unspecified atom stereocenters. The van der Waals surface area contributed by atoms with Crippen LogP contribution in [0.2, 0.25) is 0 Å². The molecule has 0 bridgehead atoms. The first kappa shape index (κ1) is 29.5. The van der Waals surface area contributed by atoms with Crippen molar-refractivity contribution in [2.45, 2.75) is 70.0 Å². The van der Waals surface area contributed by atoms with Gasteiger partial charge in [0.25, 0.3) is 11.8 Å². The quantitative estimate of drug-likeness (QED) is 0.430. The van der Waals surface area contributed by atoms with Gasteiger partial charge in [0.15, 0.2) is 0 Å². The first-order valence-corrected chi connectivity index (χ1v) is 13.3. The zero-order valence-electron chi connectivity index (χ0n) is 22.7. The normalized spacial score (nSPS) is 19.5. The van der Waals surface area contributed by atoms with Crippen LogP contribution in [-0.4, -0.2) is 45.6 Å². The van der Waals surface area contributed by atoms with Crippen molar-refractivity contribution in [1.29, 1.82) is 5.26 Å². The minimum Gasteiger partial charge on any atom is -0.351 e. The topological polar surface area (TPSA) is 106 Å². The van der Waals surface area contributed by atoms with Crippen molar-refractivity contribution < 1.29 is 27.6 Å². The summed E-state index contributed by atoms with van der Waals surface area (Å²) in [5.41, 5.74) is 0.911. The van der Waals surface area contributed by atoms with Gasteiger partial charge in [-0.1, -0.05) is 37.8 Å². The monoisotopic (exact) mass is 565 g/mol. The van der Waals surface area contributed by atoms with Gasteiger partial charge in [0.2, 0.25) is 11.8 Å². The van der Waals surface area contributed by atoms with E-state index >= 15 is 4.39 Å². The summed E-state index contributed by atoms with van der Waals surface area (Å²) in [6.07, 6.45) is 1.26. The third-order valence-corrected chi connectivity index (χ3v) is 7.32. The van der Waals surface area contributed by atoms with E-state index < -0.39 is 60.4 Å². The van der Waals surface area contributed by atoms with Gasteiger partial charge >= 0.3 is 0 Å². The van der Waals surface area contributed by atoms with Crippen LogP contribution in [0.4, 0.5) is 19.0 Å². The summed E-state index contributed by atoms with van der Waals surface area (Å²) in [5.74, 6) is -5.53. The lowest BCUT2D eigenvalue weighted by Crippen LogP contribution is -2.55. The highest BCUT2D eigenvalue weighted by molar-refractivity contribution is 6.04. The maximum absolute atomic E-state index is 15.4. The second kappa shape index (κ2) is 12.0. The molecule has 11 heteroatoms. The molecule has 4 rings (SSSR count). The number of nitrogens with one attached hydrogen (secondary N) is 1. The van der Waals surface area contributed by atoms with Crippen molar-refractivity contribution in [3.05, 3.63) is 83.5 Å². The lowest BCUT2D eigenvalue weighted by molar-refractivity contribution is -0.142. The number of carbonyl (C=O) groups excluding carboxylic acids is 3. The highest BCUT2D eigenvalue weighted by Crippen LogP contribution is 2.39. The number of rotatable bonds is 9. The minimum atomic E-state index is -2.90. The van der Waals surface area contributed by atoms with Gasteiger partial charge in [-0.25, -0.2) is 18.2 Å². The van der Waals surface area contributed by atoms with E-state index in [0.29, 0.717) is 11.1 Å². The molecule has 0 spiro atoms. The number of anilines is 1. The van der Waals surface area contributed by atoms with E-state index in [1.54, 1.807) is 31.2 Å². The zero-order chi connectivity index (χ0) is 29.9. The molecular weight excluding hydrogens is 535 g/mol. The zero-order valence-corrected chi connectivity index (χ0v) is 22.7. The van der Waals surface area contributed by atoms with Gasteiger partial charge in [0.1, 0.15) is 23.7 Å². The third kappa shape index (κ3) is 6.01. The molecule has 1 aliphatic carbocycles. The summed E-state index contributed by atoms with van der Waals surface area (Å²) >= 11 is 0. The fraction of sp³-hybridized carbons (Fsp3) is 0.367. The highest BCUT2D eigenvalue weighted by Gasteiger charge is 2.49. The molecule has 2 fully saturated rings. The van der Waals surface area contributed by atoms with Crippen LogP contribution in [0.25, 0.3) is 0 Å². The first-order valence-electron chi connectivity index (χ1n) is 13.3. The highest BCUT2D eigenvalue weighted by atomic mass is 19.3. The lowest BCUT2D eigenvalue weighted by Gasteiger charge is -2.39. The van der Waals surface area contributed by atoms with E-state index in [2.05, 4.69) is 16.9 Å². The third-order valence-electron chi connectivity index (χ3n) is 7.32. The van der Waals surface area contributed by atoms with Crippen molar-refractivity contribution in [2.75, 3.05) is 4.90 Å². The van der Waals surface area contributed by atoms with Crippen molar-refractivity contribution in [3.63, 3.8) is 0 Å². The fourth-order valence-corrected chi connectivity index (χ4v) is 5.23. The number of nitriles is 1. The van der Waals surface area contributed by atoms with Gasteiger partial charge in [0.05, 0.1) is 17.3 Å². The molecule has 1 saturated carbocycles. The molecule has 2 aliphatic rings. The number of amides is 3. The summed E-state index contributed by atoms with van der Waals surface area (Å²) in [5, 5.41) is 11.9. The maximum atomic E-state index is 15.4. The van der Waals surface area contributed by atoms with E-state index in [0.717, 1.165) is 15.9 Å². The summed E-state index contributed by atoms with van der Waals surface area (Å²) in [7, 11) is 0. The standard InChI is InChI=1S/C30H30F3N5O3/c1-4-22(31)23(5-2)38(29(41)24-10-11-26(39)37(24)25-14-19(17-34)12-13-35-25)27(21-9-7-6-8-18(21)3)28(40)36-20-15-30(32,33)16-20/h5-9,12-14,20,24,27H,2,4,10-11,15-16H2,1,3H3,(H,36,40). The van der Waals surface area contributed by atoms with Gasteiger partial charge in [-0.3, -0.25) is 24.2 Å². The molecule has 214 valence electrons. The van der Waals surface area contributed by atoms with Crippen LogP contribution >= 0.6 is 0 Å². The Morgan fingerprint density at radius 2 is 2.02 bits per heavy atom. The summed E-state index contributed by atoms with van der Waals surface area (Å²) in [6, 6.07) is 8.02. The average molecular weight is 566 g/mol. The fourth-order valence-electron chi connectivity index (χ4n) is 5.23. The Hall–Kier alpha value is -4.46. The molecule has 2 aromatic rings. The smallest absolute Gasteiger partial charge is 0.252 e. The van der Waals surface area contributed by atoms with Gasteiger partial charge in [-0.15, -0.1) is 0 Å². The van der Waals surface area contributed by atoms with Crippen molar-refractivity contribution in [2.24, 2.45) is 0 Å². The lowest BCUT2D eigenvalue weighted by atomic mass is 9.87. The van der Waals surface area contributed by atoms with Crippen LogP contribution < -0.4 is 10.2 Å². The number of alkyl halides is 2. The van der Waals surface area contributed by atoms with Crippen molar-refractivity contribution >= 4 is 23.5 Å². The number of hydrogen-bond acceptors (Lipinski definition) is 5. The SMILES string of the molecule is C=CC(=C(F)CC)N(C(=O)C1CCC(=O)N1c1cc(C#N)ccn1)C(C(=O)NC1CC(F)(F)C1)c1ccccc1C. The number of carbonyl (C=O) groups is 3. The summed E-state index contributed by atoms with van der Waals surface area (Å²) < 4.78 is 42.6. The molecule has 1 aliphatic heterocycles. The number of pyridine rings is 1. The van der Waals surface area contributed by atoms with Crippen LogP contribution in [-0.2, 0) is 14.4 Å². The molecule has 0 radical (unpaired) electrons. The van der Waals surface area contributed by atoms with Crippen LogP contribution in [0.3, 0.4) is 0 Å². The number of halogens is 3. The Bertz CT molecular complexity index is 1440. The van der Waals surface area contributed by atoms with Crippen molar-refractivity contribution in [3.8, 4) is 6.07 Å². The molecule has 1 aromatic carbocycles. The molecular formula is C30H30F3N5O3. The van der Waals surface area contributed by atoms with Crippen LogP contribution in [0.15, 0.2) is 66.8 Å². The van der Waals surface area contributed by atoms with E-state index in [-0.39, 0.29) is 36.3 Å². The predicted molar refractivity (Wildman–Crippen MR) is 145 cm³/mol. The maximum Gasteiger partial charge on any atom is 0.252 e. The number of allylic oxidation sites excluding steroid dienone is 2. The Labute approximate surface area is 236 Å². The number of aryl methyl sites for hydroxylation is 1. The number of aromatic nitrogens is 1. The van der Waals surface area contributed by atoms with Crippen LogP contribution in [0, 0.1) is 18.3 Å². The number of benzene rings is 1. The Morgan fingerprint density at radius 1 is 1.32 bits per heavy atom. The molecule has 2 heterocycles. The largest absolute Gasteiger partial charge is 0.351 e. The Morgan fingerprint density at radius 3 is 2.63 bits per heavy atom. The second-order valence-electron chi connectivity index (χ2n) is 10.1. The Balaban J connectivity index is 1.84. The van der Waals surface area contributed by atoms with Crippen LogP contribution in [0.5, 0.6) is 0 Å². The van der Waals surface area contributed by atoms with Gasteiger partial charge in [-0.2, -0.15) is 5.26 Å². The van der Waals surface area contributed by atoms with Crippen molar-refractivity contribution in [1.82, 2.24) is 15.2 Å². The molecule has 41 heavy (non-hydrogen) atoms. The molecule has 8 nitrogen and oxygen atoms in total. The average Bonchev–Trinajstić information content (AvgIpc) is 3.33. The molecule has 1 saturated heterocycles. The van der Waals surface area contributed by atoms with Gasteiger partial charge in [0, 0.05) is 31.5 Å². The minimum absolute atomic E-state index is 0.0233. The summed E-state index contributed by atoms with van der Waals surface area (Å²) in [4.78, 5) is 47.6. The number of nitrogens with zero attached hydrogens (tertiary/aromatic N) is 4. The second-order valence-corrected chi connectivity index (χ2v) is 10.1. The predicted octanol–water partition coefficient (Wildman–Crippen LogP) is 5.02. The molecule has 3 amide bonds. The van der Waals surface area contributed by atoms with Crippen LogP contribution in [0.1, 0.15) is 61.8 Å². The van der Waals surface area contributed by atoms with E-state index in [1.165, 1.54) is 25.3 Å². The molecule has 1 aromatic heterocycles. The Kier molecular flexibility index (Phi) is 8.61. The van der Waals surface area contributed by atoms with E-state index in [4.69, 9.17) is 0 Å². The first-order chi connectivity index (χ1) is 19.5. The summed E-state index contributed by atoms with van der Waals surface area (Å²) in [6.45, 7) is 6.93. The van der Waals surface area contributed by atoms with E-state index in [9.17, 15) is 28.4 Å². The molecule has 2 atom stereocenters. The van der Waals surface area contributed by atoms with Gasteiger partial charge < -0.3 is 5.32 Å². The molecule has 1 N–H and O–H groups in total. The number of hydrogen-bond donors (Lipinski definition) is 1. The van der Waals surface area contributed by atoms with E-state index in [1.807, 2.05) is 6.07 Å².